The zero-order valence-electron chi connectivity index (χ0n) is 10.7. The molecule has 0 radical (unpaired) electrons. The average molecular weight is 211 g/mol. The summed E-state index contributed by atoms with van der Waals surface area (Å²) in [6.07, 6.45) is 2.65. The highest BCUT2D eigenvalue weighted by Gasteiger charge is 2.44. The number of ether oxygens (including phenoxy) is 1. The predicted molar refractivity (Wildman–Crippen MR) is 63.0 cm³/mol. The van der Waals surface area contributed by atoms with Crippen molar-refractivity contribution in [3.63, 3.8) is 0 Å². The molecule has 1 spiro atoms. The molecule has 0 unspecified atom stereocenters. The van der Waals surface area contributed by atoms with E-state index >= 15 is 0 Å². The van der Waals surface area contributed by atoms with Crippen LogP contribution in [0.5, 0.6) is 0 Å². The van der Waals surface area contributed by atoms with Crippen LogP contribution in [0.15, 0.2) is 0 Å². The lowest BCUT2D eigenvalue weighted by Crippen LogP contribution is -2.50. The molecule has 2 aliphatic heterocycles. The van der Waals surface area contributed by atoms with Gasteiger partial charge in [0.15, 0.2) is 0 Å². The molecule has 15 heavy (non-hydrogen) atoms. The van der Waals surface area contributed by atoms with Crippen molar-refractivity contribution >= 4 is 0 Å². The van der Waals surface area contributed by atoms with Crippen molar-refractivity contribution in [3.05, 3.63) is 0 Å². The Hall–Kier alpha value is -0.0800. The first kappa shape index (κ1) is 11.4. The van der Waals surface area contributed by atoms with Gasteiger partial charge in [-0.25, -0.2) is 0 Å². The minimum absolute atomic E-state index is 0.338. The Morgan fingerprint density at radius 3 is 2.20 bits per heavy atom. The van der Waals surface area contributed by atoms with Crippen LogP contribution in [0.1, 0.15) is 40.5 Å². The summed E-state index contributed by atoms with van der Waals surface area (Å²) < 4.78 is 5.65. The smallest absolute Gasteiger partial charge is 0.0526 e. The summed E-state index contributed by atoms with van der Waals surface area (Å²) in [6.45, 7) is 13.8. The Kier molecular flexibility index (Phi) is 2.85. The second kappa shape index (κ2) is 3.74. The number of piperidine rings is 1. The van der Waals surface area contributed by atoms with Crippen molar-refractivity contribution < 1.29 is 4.74 Å². The van der Waals surface area contributed by atoms with Gasteiger partial charge in [-0.15, -0.1) is 0 Å². The fourth-order valence-corrected chi connectivity index (χ4v) is 3.02. The molecule has 0 aromatic carbocycles. The molecule has 1 atom stereocenters. The monoisotopic (exact) mass is 211 g/mol. The summed E-state index contributed by atoms with van der Waals surface area (Å²) >= 11 is 0. The van der Waals surface area contributed by atoms with E-state index < -0.39 is 0 Å². The van der Waals surface area contributed by atoms with Crippen LogP contribution in [0, 0.1) is 11.3 Å². The maximum Gasteiger partial charge on any atom is 0.0526 e. The van der Waals surface area contributed by atoms with Crippen molar-refractivity contribution in [2.24, 2.45) is 11.3 Å². The minimum Gasteiger partial charge on any atom is -0.381 e. The third kappa shape index (κ3) is 2.07. The molecule has 0 bridgehead atoms. The van der Waals surface area contributed by atoms with Gasteiger partial charge in [0.25, 0.3) is 0 Å². The SMILES string of the molecule is C[C@H]1COCC12CCN(C(C)(C)C)CC2. The summed E-state index contributed by atoms with van der Waals surface area (Å²) in [5, 5.41) is 0. The summed E-state index contributed by atoms with van der Waals surface area (Å²) in [6, 6.07) is 0. The average Bonchev–Trinajstić information content (AvgIpc) is 2.48. The zero-order chi connectivity index (χ0) is 11.1. The van der Waals surface area contributed by atoms with Crippen LogP contribution in [-0.2, 0) is 4.74 Å². The van der Waals surface area contributed by atoms with Crippen LogP contribution < -0.4 is 0 Å². The summed E-state index contributed by atoms with van der Waals surface area (Å²) in [5.74, 6) is 0.764. The fourth-order valence-electron chi connectivity index (χ4n) is 3.02. The van der Waals surface area contributed by atoms with E-state index in [2.05, 4.69) is 32.6 Å². The van der Waals surface area contributed by atoms with E-state index in [1.54, 1.807) is 0 Å². The molecule has 0 amide bonds. The first-order valence-electron chi connectivity index (χ1n) is 6.27. The maximum atomic E-state index is 5.65. The lowest BCUT2D eigenvalue weighted by molar-refractivity contribution is 0.0227. The van der Waals surface area contributed by atoms with E-state index in [1.165, 1.54) is 25.9 Å². The molecule has 2 heterocycles. The molecule has 2 aliphatic rings. The van der Waals surface area contributed by atoms with Crippen LogP contribution in [0.3, 0.4) is 0 Å². The molecule has 2 rings (SSSR count). The Balaban J connectivity index is 1.97. The third-order valence-corrected chi connectivity index (χ3v) is 4.51. The molecule has 0 aromatic rings. The van der Waals surface area contributed by atoms with Gasteiger partial charge in [-0.3, -0.25) is 4.90 Å². The van der Waals surface area contributed by atoms with E-state index in [0.717, 1.165) is 19.1 Å². The van der Waals surface area contributed by atoms with Gasteiger partial charge in [-0.05, 0) is 52.6 Å². The third-order valence-electron chi connectivity index (χ3n) is 4.51. The molecular formula is C13H25NO. The van der Waals surface area contributed by atoms with Crippen molar-refractivity contribution in [1.29, 1.82) is 0 Å². The molecule has 0 saturated carbocycles. The van der Waals surface area contributed by atoms with Gasteiger partial charge in [-0.2, -0.15) is 0 Å². The van der Waals surface area contributed by atoms with Gasteiger partial charge in [0.2, 0.25) is 0 Å². The highest BCUT2D eigenvalue weighted by atomic mass is 16.5. The second-order valence-corrected chi connectivity index (χ2v) is 6.44. The quantitative estimate of drug-likeness (QED) is 0.610. The lowest BCUT2D eigenvalue weighted by Gasteiger charge is -2.46. The molecule has 2 saturated heterocycles. The van der Waals surface area contributed by atoms with Crippen LogP contribution in [0.2, 0.25) is 0 Å². The topological polar surface area (TPSA) is 12.5 Å². The highest BCUT2D eigenvalue weighted by Crippen LogP contribution is 2.44. The summed E-state index contributed by atoms with van der Waals surface area (Å²) in [7, 11) is 0. The van der Waals surface area contributed by atoms with E-state index in [0.29, 0.717) is 11.0 Å². The van der Waals surface area contributed by atoms with E-state index in [9.17, 15) is 0 Å². The largest absolute Gasteiger partial charge is 0.381 e. The van der Waals surface area contributed by atoms with Crippen molar-refractivity contribution in [2.75, 3.05) is 26.3 Å². The molecule has 2 nitrogen and oxygen atoms in total. The number of hydrogen-bond acceptors (Lipinski definition) is 2. The molecule has 0 N–H and O–H groups in total. The number of hydrogen-bond donors (Lipinski definition) is 0. The maximum absolute atomic E-state index is 5.65. The van der Waals surface area contributed by atoms with Gasteiger partial charge < -0.3 is 4.74 Å². The molecular weight excluding hydrogens is 186 g/mol. The molecule has 0 aromatic heterocycles. The number of likely N-dealkylation sites (tertiary alicyclic amines) is 1. The first-order valence-corrected chi connectivity index (χ1v) is 6.27. The summed E-state index contributed by atoms with van der Waals surface area (Å²) in [5.41, 5.74) is 0.853. The van der Waals surface area contributed by atoms with Crippen molar-refractivity contribution in [3.8, 4) is 0 Å². The van der Waals surface area contributed by atoms with E-state index in [-0.39, 0.29) is 0 Å². The first-order chi connectivity index (χ1) is 6.94. The Morgan fingerprint density at radius 1 is 1.20 bits per heavy atom. The van der Waals surface area contributed by atoms with Crippen molar-refractivity contribution in [1.82, 2.24) is 4.90 Å². The van der Waals surface area contributed by atoms with Gasteiger partial charge >= 0.3 is 0 Å². The van der Waals surface area contributed by atoms with Gasteiger partial charge in [-0.1, -0.05) is 6.92 Å². The lowest BCUT2D eigenvalue weighted by atomic mass is 9.71. The van der Waals surface area contributed by atoms with Crippen LogP contribution >= 0.6 is 0 Å². The Morgan fingerprint density at radius 2 is 1.80 bits per heavy atom. The molecule has 2 heteroatoms. The molecule has 88 valence electrons. The van der Waals surface area contributed by atoms with Crippen molar-refractivity contribution in [2.45, 2.75) is 46.1 Å². The second-order valence-electron chi connectivity index (χ2n) is 6.44. The van der Waals surface area contributed by atoms with Crippen LogP contribution in [0.4, 0.5) is 0 Å². The van der Waals surface area contributed by atoms with Crippen LogP contribution in [-0.4, -0.2) is 36.7 Å². The standard InChI is InChI=1S/C13H25NO/c1-11-9-15-10-13(11)5-7-14(8-6-13)12(2,3)4/h11H,5-10H2,1-4H3/t11-/m0/s1. The van der Waals surface area contributed by atoms with E-state index in [4.69, 9.17) is 4.74 Å². The normalized spacial score (nSPS) is 32.4. The van der Waals surface area contributed by atoms with Gasteiger partial charge in [0.05, 0.1) is 6.61 Å². The Bertz CT molecular complexity index is 223. The highest BCUT2D eigenvalue weighted by molar-refractivity contribution is 4.95. The van der Waals surface area contributed by atoms with Gasteiger partial charge in [0, 0.05) is 17.6 Å². The Labute approximate surface area is 94.0 Å². The zero-order valence-corrected chi connectivity index (χ0v) is 10.7. The molecule has 0 aliphatic carbocycles. The summed E-state index contributed by atoms with van der Waals surface area (Å²) in [4.78, 5) is 2.61. The number of nitrogens with zero attached hydrogens (tertiary/aromatic N) is 1. The van der Waals surface area contributed by atoms with E-state index in [1.807, 2.05) is 0 Å². The van der Waals surface area contributed by atoms with Crippen LogP contribution in [0.25, 0.3) is 0 Å². The van der Waals surface area contributed by atoms with Gasteiger partial charge in [0.1, 0.15) is 0 Å². The number of rotatable bonds is 0. The minimum atomic E-state index is 0.338. The predicted octanol–water partition coefficient (Wildman–Crippen LogP) is 2.53. The fraction of sp³-hybridized carbons (Fsp3) is 1.00. The molecule has 2 fully saturated rings.